The van der Waals surface area contributed by atoms with Crippen molar-refractivity contribution in [1.82, 2.24) is 5.32 Å². The molecule has 3 heteroatoms. The number of hydrogen-bond donors (Lipinski definition) is 1. The van der Waals surface area contributed by atoms with Crippen molar-refractivity contribution in [2.75, 3.05) is 6.54 Å². The fourth-order valence-corrected chi connectivity index (χ4v) is 1.98. The number of ketones is 1. The molecule has 2 aromatic carbocycles. The molecule has 0 fully saturated rings. The number of Topliss-reactive ketones (excluding diaryl/α,β-unsaturated/α-hetero) is 1. The second-order valence-electron chi connectivity index (χ2n) is 4.93. The summed E-state index contributed by atoms with van der Waals surface area (Å²) in [4.78, 5) is 23.2. The molecule has 0 saturated carbocycles. The molecule has 0 spiro atoms. The molecule has 0 aromatic heterocycles. The highest BCUT2D eigenvalue weighted by atomic mass is 16.1. The third-order valence-electron chi connectivity index (χ3n) is 3.25. The van der Waals surface area contributed by atoms with Gasteiger partial charge in [-0.1, -0.05) is 42.2 Å². The van der Waals surface area contributed by atoms with E-state index in [2.05, 4.69) is 17.2 Å². The van der Waals surface area contributed by atoms with Crippen molar-refractivity contribution in [3.05, 3.63) is 70.8 Å². The fraction of sp³-hybridized carbons (Fsp3) is 0.158. The zero-order valence-corrected chi connectivity index (χ0v) is 12.6. The zero-order chi connectivity index (χ0) is 15.9. The average Bonchev–Trinajstić information content (AvgIpc) is 2.52. The van der Waals surface area contributed by atoms with Crippen molar-refractivity contribution in [1.29, 1.82) is 0 Å². The summed E-state index contributed by atoms with van der Waals surface area (Å²) in [6, 6.07) is 14.5. The molecule has 3 nitrogen and oxygen atoms in total. The molecule has 0 atom stereocenters. The molecule has 0 heterocycles. The van der Waals surface area contributed by atoms with Crippen LogP contribution >= 0.6 is 0 Å². The summed E-state index contributed by atoms with van der Waals surface area (Å²) in [7, 11) is 0. The lowest BCUT2D eigenvalue weighted by atomic mass is 10.1. The Labute approximate surface area is 130 Å². The van der Waals surface area contributed by atoms with Gasteiger partial charge in [0.05, 0.1) is 6.54 Å². The molecule has 1 N–H and O–H groups in total. The monoisotopic (exact) mass is 291 g/mol. The van der Waals surface area contributed by atoms with Crippen molar-refractivity contribution in [3.8, 4) is 11.8 Å². The van der Waals surface area contributed by atoms with E-state index in [1.807, 2.05) is 25.1 Å². The van der Waals surface area contributed by atoms with E-state index in [1.165, 1.54) is 6.92 Å². The number of rotatable bonds is 3. The average molecular weight is 291 g/mol. The van der Waals surface area contributed by atoms with Gasteiger partial charge in [0, 0.05) is 16.7 Å². The Morgan fingerprint density at radius 2 is 1.73 bits per heavy atom. The van der Waals surface area contributed by atoms with Crippen molar-refractivity contribution < 1.29 is 9.59 Å². The third-order valence-corrected chi connectivity index (χ3v) is 3.25. The van der Waals surface area contributed by atoms with Crippen LogP contribution in [0.15, 0.2) is 48.5 Å². The first-order chi connectivity index (χ1) is 10.6. The van der Waals surface area contributed by atoms with Crippen LogP contribution in [0.4, 0.5) is 0 Å². The fourth-order valence-electron chi connectivity index (χ4n) is 1.98. The Hall–Kier alpha value is -2.86. The molecule has 0 aliphatic rings. The first-order valence-electron chi connectivity index (χ1n) is 7.01. The Bertz CT molecular complexity index is 749. The summed E-state index contributed by atoms with van der Waals surface area (Å²) in [6.45, 7) is 3.71. The van der Waals surface area contributed by atoms with E-state index in [0.29, 0.717) is 11.1 Å². The van der Waals surface area contributed by atoms with Gasteiger partial charge < -0.3 is 5.32 Å². The van der Waals surface area contributed by atoms with E-state index in [0.717, 1.165) is 11.1 Å². The van der Waals surface area contributed by atoms with Crippen LogP contribution < -0.4 is 5.32 Å². The van der Waals surface area contributed by atoms with Crippen LogP contribution in [0.1, 0.15) is 38.8 Å². The summed E-state index contributed by atoms with van der Waals surface area (Å²) < 4.78 is 0. The topological polar surface area (TPSA) is 46.2 Å². The third kappa shape index (κ3) is 4.07. The van der Waals surface area contributed by atoms with Crippen LogP contribution in [-0.4, -0.2) is 18.2 Å². The maximum atomic E-state index is 12.0. The maximum absolute atomic E-state index is 12.0. The quantitative estimate of drug-likeness (QED) is 0.698. The van der Waals surface area contributed by atoms with Gasteiger partial charge in [-0.2, -0.15) is 0 Å². The number of carbonyl (C=O) groups is 2. The molecular formula is C19H17NO2. The molecule has 2 rings (SSSR count). The number of benzene rings is 2. The van der Waals surface area contributed by atoms with Gasteiger partial charge in [0.15, 0.2) is 5.78 Å². The van der Waals surface area contributed by atoms with Gasteiger partial charge in [0.25, 0.3) is 5.91 Å². The molecular weight excluding hydrogens is 274 g/mol. The van der Waals surface area contributed by atoms with Gasteiger partial charge in [-0.15, -0.1) is 0 Å². The summed E-state index contributed by atoms with van der Waals surface area (Å²) >= 11 is 0. The summed E-state index contributed by atoms with van der Waals surface area (Å²) in [5.74, 6) is 5.77. The number of carbonyl (C=O) groups excluding carboxylic acids is 2. The van der Waals surface area contributed by atoms with Gasteiger partial charge in [-0.25, -0.2) is 0 Å². The summed E-state index contributed by atoms with van der Waals surface area (Å²) in [6.07, 6.45) is 0. The lowest BCUT2D eigenvalue weighted by molar-refractivity contribution is 0.0957. The van der Waals surface area contributed by atoms with Gasteiger partial charge in [0.1, 0.15) is 0 Å². The number of aryl methyl sites for hydroxylation is 1. The highest BCUT2D eigenvalue weighted by Gasteiger charge is 2.05. The molecule has 0 unspecified atom stereocenters. The highest BCUT2D eigenvalue weighted by Crippen LogP contribution is 2.06. The maximum Gasteiger partial charge on any atom is 0.252 e. The van der Waals surface area contributed by atoms with Crippen LogP contribution in [-0.2, 0) is 0 Å². The molecule has 0 saturated heterocycles. The van der Waals surface area contributed by atoms with Gasteiger partial charge >= 0.3 is 0 Å². The normalized spacial score (nSPS) is 9.55. The molecule has 0 radical (unpaired) electrons. The van der Waals surface area contributed by atoms with Crippen LogP contribution in [0.5, 0.6) is 0 Å². The van der Waals surface area contributed by atoms with Crippen molar-refractivity contribution in [2.45, 2.75) is 13.8 Å². The smallest absolute Gasteiger partial charge is 0.252 e. The van der Waals surface area contributed by atoms with Gasteiger partial charge in [0.2, 0.25) is 0 Å². The second kappa shape index (κ2) is 7.24. The zero-order valence-electron chi connectivity index (χ0n) is 12.6. The van der Waals surface area contributed by atoms with Crippen LogP contribution in [0.25, 0.3) is 0 Å². The Morgan fingerprint density at radius 3 is 2.36 bits per heavy atom. The summed E-state index contributed by atoms with van der Waals surface area (Å²) in [5, 5.41) is 2.77. The lowest BCUT2D eigenvalue weighted by Gasteiger charge is -2.04. The summed E-state index contributed by atoms with van der Waals surface area (Å²) in [5.41, 5.74) is 3.08. The number of nitrogens with one attached hydrogen (secondary N) is 1. The van der Waals surface area contributed by atoms with Gasteiger partial charge in [-0.05, 0) is 37.6 Å². The minimum absolute atomic E-state index is 0.0324. The number of amides is 1. The van der Waals surface area contributed by atoms with Crippen LogP contribution in [0.2, 0.25) is 0 Å². The highest BCUT2D eigenvalue weighted by molar-refractivity contribution is 5.95. The van der Waals surface area contributed by atoms with E-state index in [4.69, 9.17) is 0 Å². The van der Waals surface area contributed by atoms with E-state index < -0.39 is 0 Å². The largest absolute Gasteiger partial charge is 0.341 e. The minimum Gasteiger partial charge on any atom is -0.341 e. The van der Waals surface area contributed by atoms with E-state index in [9.17, 15) is 9.59 Å². The van der Waals surface area contributed by atoms with E-state index >= 15 is 0 Å². The molecule has 2 aromatic rings. The van der Waals surface area contributed by atoms with E-state index in [-0.39, 0.29) is 18.2 Å². The Kier molecular flexibility index (Phi) is 5.11. The molecule has 0 bridgehead atoms. The predicted octanol–water partition coefficient (Wildman–Crippen LogP) is 2.98. The SMILES string of the molecule is CC(=O)c1ccc(C#CCNC(=O)c2ccccc2C)cc1. The first kappa shape index (κ1) is 15.5. The van der Waals surface area contributed by atoms with Crippen molar-refractivity contribution >= 4 is 11.7 Å². The standard InChI is InChI=1S/C19H17NO2/c1-14-6-3-4-8-18(14)19(22)20-13-5-7-16-9-11-17(12-10-16)15(2)21/h3-4,6,8-12H,13H2,1-2H3,(H,20,22). The molecule has 1 amide bonds. The molecule has 22 heavy (non-hydrogen) atoms. The van der Waals surface area contributed by atoms with Crippen molar-refractivity contribution in [2.24, 2.45) is 0 Å². The minimum atomic E-state index is -0.126. The van der Waals surface area contributed by atoms with Crippen LogP contribution in [0, 0.1) is 18.8 Å². The van der Waals surface area contributed by atoms with Crippen LogP contribution in [0.3, 0.4) is 0 Å². The Morgan fingerprint density at radius 1 is 1.05 bits per heavy atom. The first-order valence-corrected chi connectivity index (χ1v) is 7.01. The molecule has 0 aliphatic heterocycles. The lowest BCUT2D eigenvalue weighted by Crippen LogP contribution is -2.24. The molecule has 110 valence electrons. The van der Waals surface area contributed by atoms with Gasteiger partial charge in [-0.3, -0.25) is 9.59 Å². The second-order valence-corrected chi connectivity index (χ2v) is 4.93. The molecule has 0 aliphatic carbocycles. The number of hydrogen-bond acceptors (Lipinski definition) is 2. The van der Waals surface area contributed by atoms with E-state index in [1.54, 1.807) is 30.3 Å². The predicted molar refractivity (Wildman–Crippen MR) is 86.8 cm³/mol. The van der Waals surface area contributed by atoms with Crippen molar-refractivity contribution in [3.63, 3.8) is 0 Å². The Balaban J connectivity index is 1.93.